The summed E-state index contributed by atoms with van der Waals surface area (Å²) in [6.45, 7) is 2.93. The van der Waals surface area contributed by atoms with Crippen LogP contribution in [0.5, 0.6) is 0 Å². The fourth-order valence-corrected chi connectivity index (χ4v) is 3.98. The van der Waals surface area contributed by atoms with Gasteiger partial charge in [0, 0.05) is 51.1 Å². The van der Waals surface area contributed by atoms with Gasteiger partial charge in [0.1, 0.15) is 11.5 Å². The second-order valence-corrected chi connectivity index (χ2v) is 8.49. The Kier molecular flexibility index (Phi) is 7.02. The Morgan fingerprint density at radius 2 is 1.75 bits per heavy atom. The molecule has 166 valence electrons. The monoisotopic (exact) mass is 429 g/mol. The molecule has 0 bridgehead atoms. The van der Waals surface area contributed by atoms with Crippen molar-refractivity contribution in [1.29, 1.82) is 0 Å². The van der Waals surface area contributed by atoms with Gasteiger partial charge in [-0.15, -0.1) is 0 Å². The number of carbonyl (C=O) groups excluding carboxylic acids is 1. The number of aromatic nitrogens is 1. The molecule has 1 fully saturated rings. The number of amides is 1. The number of carbonyl (C=O) groups is 1. The lowest BCUT2D eigenvalue weighted by atomic mass is 10.0. The summed E-state index contributed by atoms with van der Waals surface area (Å²) in [5.74, 6) is 0.545. The zero-order valence-corrected chi connectivity index (χ0v) is 18.8. The van der Waals surface area contributed by atoms with Crippen LogP contribution in [0.2, 0.25) is 0 Å². The molecule has 0 unspecified atom stereocenters. The minimum atomic E-state index is -0.114. The summed E-state index contributed by atoms with van der Waals surface area (Å²) in [7, 11) is 4.02. The quantitative estimate of drug-likeness (QED) is 0.587. The maximum absolute atomic E-state index is 12.8. The van der Waals surface area contributed by atoms with Gasteiger partial charge in [-0.2, -0.15) is 0 Å². The number of anilines is 3. The van der Waals surface area contributed by atoms with E-state index in [0.29, 0.717) is 11.5 Å². The van der Waals surface area contributed by atoms with E-state index in [1.165, 1.54) is 5.56 Å². The van der Waals surface area contributed by atoms with E-state index in [2.05, 4.69) is 50.8 Å². The van der Waals surface area contributed by atoms with E-state index >= 15 is 0 Å². The van der Waals surface area contributed by atoms with E-state index in [-0.39, 0.29) is 11.9 Å². The predicted octanol–water partition coefficient (Wildman–Crippen LogP) is 4.29. The molecule has 2 heterocycles. The Bertz CT molecular complexity index is 1030. The lowest BCUT2D eigenvalue weighted by Gasteiger charge is -2.32. The first-order chi connectivity index (χ1) is 15.6. The lowest BCUT2D eigenvalue weighted by molar-refractivity contribution is 0.0904. The minimum absolute atomic E-state index is 0.114. The Morgan fingerprint density at radius 3 is 2.50 bits per heavy atom. The number of likely N-dealkylation sites (tertiary alicyclic amines) is 1. The van der Waals surface area contributed by atoms with Crippen molar-refractivity contribution in [2.24, 2.45) is 0 Å². The fraction of sp³-hybridized carbons (Fsp3) is 0.308. The van der Waals surface area contributed by atoms with Crippen molar-refractivity contribution in [3.05, 3.63) is 84.1 Å². The van der Waals surface area contributed by atoms with Gasteiger partial charge < -0.3 is 15.5 Å². The van der Waals surface area contributed by atoms with Crippen molar-refractivity contribution in [3.8, 4) is 0 Å². The fourth-order valence-electron chi connectivity index (χ4n) is 3.98. The molecule has 4 rings (SSSR count). The van der Waals surface area contributed by atoms with Crippen molar-refractivity contribution in [2.45, 2.75) is 25.4 Å². The Hall–Kier alpha value is -3.38. The van der Waals surface area contributed by atoms with Crippen LogP contribution in [0.15, 0.2) is 72.8 Å². The molecular formula is C26H31N5O. The first kappa shape index (κ1) is 21.8. The first-order valence-corrected chi connectivity index (χ1v) is 11.2. The van der Waals surface area contributed by atoms with Gasteiger partial charge in [0.2, 0.25) is 0 Å². The summed E-state index contributed by atoms with van der Waals surface area (Å²) in [4.78, 5) is 21.8. The molecule has 1 amide bonds. The second-order valence-electron chi connectivity index (χ2n) is 8.49. The van der Waals surface area contributed by atoms with Crippen LogP contribution in [0.1, 0.15) is 28.9 Å². The van der Waals surface area contributed by atoms with E-state index in [4.69, 9.17) is 0 Å². The van der Waals surface area contributed by atoms with Crippen molar-refractivity contribution in [3.63, 3.8) is 0 Å². The van der Waals surface area contributed by atoms with E-state index < -0.39 is 0 Å². The molecule has 1 aromatic heterocycles. The summed E-state index contributed by atoms with van der Waals surface area (Å²) in [5, 5.41) is 6.47. The third-order valence-corrected chi connectivity index (χ3v) is 5.79. The molecule has 1 saturated heterocycles. The van der Waals surface area contributed by atoms with Crippen LogP contribution in [0.3, 0.4) is 0 Å². The standard InChI is InChI=1S/C26H31N5O/c1-30(2)23-11-6-10-22(18-23)27-25-13-7-12-24(29-25)26(32)28-21-14-16-31(17-15-21)19-20-8-4-3-5-9-20/h3-13,18,21H,14-17,19H2,1-2H3,(H,27,29)(H,28,32). The van der Waals surface area contributed by atoms with E-state index in [0.717, 1.165) is 43.9 Å². The van der Waals surface area contributed by atoms with Gasteiger partial charge in [0.15, 0.2) is 0 Å². The highest BCUT2D eigenvalue weighted by atomic mass is 16.1. The molecule has 1 aliphatic heterocycles. The SMILES string of the molecule is CN(C)c1cccc(Nc2cccc(C(=O)NC3CCN(Cc4ccccc4)CC3)n2)c1. The second kappa shape index (κ2) is 10.3. The third kappa shape index (κ3) is 5.86. The maximum Gasteiger partial charge on any atom is 0.270 e. The summed E-state index contributed by atoms with van der Waals surface area (Å²) in [5.41, 5.74) is 3.81. The average molecular weight is 430 g/mol. The van der Waals surface area contributed by atoms with Crippen molar-refractivity contribution >= 4 is 23.1 Å². The normalized spacial score (nSPS) is 14.7. The molecule has 2 N–H and O–H groups in total. The Balaban J connectivity index is 1.31. The largest absolute Gasteiger partial charge is 0.378 e. The van der Waals surface area contributed by atoms with Gasteiger partial charge in [0.05, 0.1) is 0 Å². The molecule has 0 saturated carbocycles. The number of nitrogens with one attached hydrogen (secondary N) is 2. The zero-order chi connectivity index (χ0) is 22.3. The summed E-state index contributed by atoms with van der Waals surface area (Å²) in [6.07, 6.45) is 1.90. The van der Waals surface area contributed by atoms with Crippen LogP contribution in [0.25, 0.3) is 0 Å². The Labute approximate surface area is 190 Å². The number of benzene rings is 2. The van der Waals surface area contributed by atoms with Crippen molar-refractivity contribution in [2.75, 3.05) is 37.4 Å². The van der Waals surface area contributed by atoms with Crippen molar-refractivity contribution in [1.82, 2.24) is 15.2 Å². The minimum Gasteiger partial charge on any atom is -0.378 e. The van der Waals surface area contributed by atoms with E-state index in [1.54, 1.807) is 6.07 Å². The van der Waals surface area contributed by atoms with Gasteiger partial charge in [-0.1, -0.05) is 42.5 Å². The average Bonchev–Trinajstić information content (AvgIpc) is 2.81. The number of piperidine rings is 1. The number of rotatable bonds is 7. The predicted molar refractivity (Wildman–Crippen MR) is 130 cm³/mol. The summed E-state index contributed by atoms with van der Waals surface area (Å²) < 4.78 is 0. The molecular weight excluding hydrogens is 398 g/mol. The van der Waals surface area contributed by atoms with Gasteiger partial charge in [-0.25, -0.2) is 4.98 Å². The van der Waals surface area contributed by atoms with Crippen LogP contribution in [0.4, 0.5) is 17.2 Å². The van der Waals surface area contributed by atoms with Crippen LogP contribution in [0, 0.1) is 0 Å². The maximum atomic E-state index is 12.8. The van der Waals surface area contributed by atoms with Crippen LogP contribution in [-0.4, -0.2) is 49.0 Å². The summed E-state index contributed by atoms with van der Waals surface area (Å²) >= 11 is 0. The highest BCUT2D eigenvalue weighted by Gasteiger charge is 2.21. The molecule has 3 aromatic rings. The highest BCUT2D eigenvalue weighted by Crippen LogP contribution is 2.21. The van der Waals surface area contributed by atoms with Gasteiger partial charge in [-0.3, -0.25) is 9.69 Å². The molecule has 0 atom stereocenters. The van der Waals surface area contributed by atoms with Crippen molar-refractivity contribution < 1.29 is 4.79 Å². The highest BCUT2D eigenvalue weighted by molar-refractivity contribution is 5.93. The molecule has 1 aliphatic rings. The zero-order valence-electron chi connectivity index (χ0n) is 18.8. The van der Waals surface area contributed by atoms with Gasteiger partial charge >= 0.3 is 0 Å². The third-order valence-electron chi connectivity index (χ3n) is 5.79. The Morgan fingerprint density at radius 1 is 1.00 bits per heavy atom. The van der Waals surface area contributed by atoms with Gasteiger partial charge in [0.25, 0.3) is 5.91 Å². The molecule has 6 heteroatoms. The van der Waals surface area contributed by atoms with Gasteiger partial charge in [-0.05, 0) is 48.7 Å². The van der Waals surface area contributed by atoms with E-state index in [9.17, 15) is 4.79 Å². The lowest BCUT2D eigenvalue weighted by Crippen LogP contribution is -2.44. The molecule has 0 aliphatic carbocycles. The first-order valence-electron chi connectivity index (χ1n) is 11.2. The van der Waals surface area contributed by atoms with E-state index in [1.807, 2.05) is 55.4 Å². The molecule has 6 nitrogen and oxygen atoms in total. The van der Waals surface area contributed by atoms with Crippen LogP contribution in [-0.2, 0) is 6.54 Å². The summed E-state index contributed by atoms with van der Waals surface area (Å²) in [6, 6.07) is 24.3. The van der Waals surface area contributed by atoms with Crippen LogP contribution >= 0.6 is 0 Å². The van der Waals surface area contributed by atoms with Crippen LogP contribution < -0.4 is 15.5 Å². The molecule has 0 spiro atoms. The number of pyridine rings is 1. The number of hydrogen-bond donors (Lipinski definition) is 2. The topological polar surface area (TPSA) is 60.5 Å². The number of hydrogen-bond acceptors (Lipinski definition) is 5. The molecule has 32 heavy (non-hydrogen) atoms. The molecule has 0 radical (unpaired) electrons. The smallest absolute Gasteiger partial charge is 0.270 e. The number of nitrogens with zero attached hydrogens (tertiary/aromatic N) is 3. The molecule has 2 aromatic carbocycles.